The lowest BCUT2D eigenvalue weighted by Crippen LogP contribution is -2.21. The Morgan fingerprint density at radius 1 is 1.44 bits per heavy atom. The molecule has 2 rings (SSSR count). The van der Waals surface area contributed by atoms with E-state index < -0.39 is 0 Å². The molecule has 0 bridgehead atoms. The molecule has 1 aliphatic rings. The number of ether oxygens (including phenoxy) is 1. The number of benzene rings is 1. The first kappa shape index (κ1) is 11.3. The van der Waals surface area contributed by atoms with Gasteiger partial charge in [0.05, 0.1) is 6.61 Å². The van der Waals surface area contributed by atoms with Gasteiger partial charge in [0.15, 0.2) is 0 Å². The third-order valence-electron chi connectivity index (χ3n) is 3.14. The fourth-order valence-electron chi connectivity index (χ4n) is 2.41. The summed E-state index contributed by atoms with van der Waals surface area (Å²) in [6.45, 7) is 5.13. The number of hydrogen-bond donors (Lipinski definition) is 1. The van der Waals surface area contributed by atoms with Crippen molar-refractivity contribution in [2.24, 2.45) is 5.92 Å². The van der Waals surface area contributed by atoms with Crippen molar-refractivity contribution in [3.05, 3.63) is 23.8 Å². The maximum absolute atomic E-state index is 5.87. The van der Waals surface area contributed by atoms with Crippen molar-refractivity contribution in [1.82, 2.24) is 0 Å². The molecule has 2 N–H and O–H groups in total. The van der Waals surface area contributed by atoms with Gasteiger partial charge >= 0.3 is 0 Å². The van der Waals surface area contributed by atoms with Crippen molar-refractivity contribution in [1.29, 1.82) is 0 Å². The first-order valence-corrected chi connectivity index (χ1v) is 5.80. The predicted octanol–water partition coefficient (Wildman–Crippen LogP) is 2.05. The van der Waals surface area contributed by atoms with Crippen molar-refractivity contribution >= 4 is 11.4 Å². The van der Waals surface area contributed by atoms with Crippen LogP contribution in [0.2, 0.25) is 0 Å². The number of nitrogen functional groups attached to an aromatic ring is 1. The normalized spacial score (nSPS) is 20.4. The smallest absolute Gasteiger partial charge is 0.0508 e. The molecule has 0 amide bonds. The molecule has 1 fully saturated rings. The molecule has 3 nitrogen and oxygen atoms in total. The van der Waals surface area contributed by atoms with Crippen LogP contribution < -0.4 is 10.6 Å². The fraction of sp³-hybridized carbons (Fsp3) is 0.538. The van der Waals surface area contributed by atoms with E-state index in [1.807, 2.05) is 6.07 Å². The van der Waals surface area contributed by atoms with Crippen molar-refractivity contribution in [3.63, 3.8) is 0 Å². The molecule has 88 valence electrons. The molecule has 0 spiro atoms. The van der Waals surface area contributed by atoms with Crippen LogP contribution in [0.5, 0.6) is 0 Å². The van der Waals surface area contributed by atoms with Crippen molar-refractivity contribution in [3.8, 4) is 0 Å². The molecule has 3 heteroatoms. The predicted molar refractivity (Wildman–Crippen MR) is 67.8 cm³/mol. The quantitative estimate of drug-likeness (QED) is 0.792. The van der Waals surface area contributed by atoms with E-state index in [-0.39, 0.29) is 0 Å². The van der Waals surface area contributed by atoms with Gasteiger partial charge in [0.2, 0.25) is 0 Å². The number of methoxy groups -OCH3 is 1. The Bertz CT molecular complexity index is 345. The van der Waals surface area contributed by atoms with E-state index in [2.05, 4.69) is 24.0 Å². The SMILES string of the molecule is COCC1CCN(c2cc(C)cc(N)c2)C1. The van der Waals surface area contributed by atoms with Crippen LogP contribution in [0, 0.1) is 12.8 Å². The molecule has 1 aromatic carbocycles. The zero-order valence-corrected chi connectivity index (χ0v) is 10.1. The van der Waals surface area contributed by atoms with Gasteiger partial charge in [-0.05, 0) is 37.1 Å². The molecule has 0 aromatic heterocycles. The Labute approximate surface area is 97.2 Å². The summed E-state index contributed by atoms with van der Waals surface area (Å²) in [5.74, 6) is 0.659. The van der Waals surface area contributed by atoms with Crippen LogP contribution in [0.1, 0.15) is 12.0 Å². The van der Waals surface area contributed by atoms with Gasteiger partial charge in [-0.25, -0.2) is 0 Å². The van der Waals surface area contributed by atoms with Crippen molar-refractivity contribution in [2.45, 2.75) is 13.3 Å². The molecule has 1 heterocycles. The number of hydrogen-bond acceptors (Lipinski definition) is 3. The van der Waals surface area contributed by atoms with Crippen LogP contribution in [0.15, 0.2) is 18.2 Å². The minimum absolute atomic E-state index is 0.659. The molecule has 0 radical (unpaired) electrons. The summed E-state index contributed by atoms with van der Waals surface area (Å²) in [7, 11) is 1.77. The van der Waals surface area contributed by atoms with E-state index in [1.165, 1.54) is 17.7 Å². The number of nitrogens with two attached hydrogens (primary N) is 1. The van der Waals surface area contributed by atoms with Crippen molar-refractivity contribution in [2.75, 3.05) is 37.4 Å². The summed E-state index contributed by atoms with van der Waals surface area (Å²) < 4.78 is 5.21. The highest BCUT2D eigenvalue weighted by molar-refractivity contribution is 5.58. The van der Waals surface area contributed by atoms with E-state index in [1.54, 1.807) is 7.11 Å². The summed E-state index contributed by atoms with van der Waals surface area (Å²) in [6.07, 6.45) is 1.21. The van der Waals surface area contributed by atoms with Gasteiger partial charge in [0.1, 0.15) is 0 Å². The number of aryl methyl sites for hydroxylation is 1. The molecular formula is C13H20N2O. The van der Waals surface area contributed by atoms with Gasteiger partial charge in [-0.15, -0.1) is 0 Å². The Balaban J connectivity index is 2.08. The van der Waals surface area contributed by atoms with Gasteiger partial charge < -0.3 is 15.4 Å². The second kappa shape index (κ2) is 4.74. The minimum Gasteiger partial charge on any atom is -0.399 e. The maximum Gasteiger partial charge on any atom is 0.0508 e. The van der Waals surface area contributed by atoms with Crippen LogP contribution in [-0.4, -0.2) is 26.8 Å². The van der Waals surface area contributed by atoms with Gasteiger partial charge in [0.25, 0.3) is 0 Å². The minimum atomic E-state index is 0.659. The lowest BCUT2D eigenvalue weighted by Gasteiger charge is -2.19. The Kier molecular flexibility index (Phi) is 3.34. The molecule has 16 heavy (non-hydrogen) atoms. The first-order valence-electron chi connectivity index (χ1n) is 5.80. The Morgan fingerprint density at radius 2 is 2.25 bits per heavy atom. The number of anilines is 2. The van der Waals surface area contributed by atoms with Crippen LogP contribution in [0.4, 0.5) is 11.4 Å². The molecule has 0 aliphatic carbocycles. The third-order valence-corrected chi connectivity index (χ3v) is 3.14. The molecule has 1 unspecified atom stereocenters. The van der Waals surface area contributed by atoms with E-state index in [4.69, 9.17) is 10.5 Å². The van der Waals surface area contributed by atoms with E-state index in [9.17, 15) is 0 Å². The van der Waals surface area contributed by atoms with Crippen LogP contribution in [0.3, 0.4) is 0 Å². The lowest BCUT2D eigenvalue weighted by atomic mass is 10.1. The van der Waals surface area contributed by atoms with Crippen LogP contribution in [-0.2, 0) is 4.74 Å². The zero-order valence-electron chi connectivity index (χ0n) is 10.1. The first-order chi connectivity index (χ1) is 7.69. The van der Waals surface area contributed by atoms with Gasteiger partial charge in [0, 0.05) is 37.5 Å². The Hall–Kier alpha value is -1.22. The molecule has 1 aromatic rings. The number of nitrogens with zero attached hydrogens (tertiary/aromatic N) is 1. The summed E-state index contributed by atoms with van der Waals surface area (Å²) >= 11 is 0. The summed E-state index contributed by atoms with van der Waals surface area (Å²) in [5, 5.41) is 0. The topological polar surface area (TPSA) is 38.5 Å². The van der Waals surface area contributed by atoms with Gasteiger partial charge in [-0.3, -0.25) is 0 Å². The lowest BCUT2D eigenvalue weighted by molar-refractivity contribution is 0.161. The highest BCUT2D eigenvalue weighted by Crippen LogP contribution is 2.26. The second-order valence-electron chi connectivity index (χ2n) is 4.66. The molecular weight excluding hydrogens is 200 g/mol. The largest absolute Gasteiger partial charge is 0.399 e. The van der Waals surface area contributed by atoms with Crippen LogP contribution in [0.25, 0.3) is 0 Å². The van der Waals surface area contributed by atoms with Gasteiger partial charge in [-0.2, -0.15) is 0 Å². The van der Waals surface area contributed by atoms with E-state index >= 15 is 0 Å². The second-order valence-corrected chi connectivity index (χ2v) is 4.66. The standard InChI is InChI=1S/C13H20N2O/c1-10-5-12(14)7-13(6-10)15-4-3-11(8-15)9-16-2/h5-7,11H,3-4,8-9,14H2,1-2H3. The van der Waals surface area contributed by atoms with Gasteiger partial charge in [-0.1, -0.05) is 0 Å². The van der Waals surface area contributed by atoms with E-state index in [0.29, 0.717) is 5.92 Å². The third kappa shape index (κ3) is 2.47. The van der Waals surface area contributed by atoms with Crippen LogP contribution >= 0.6 is 0 Å². The highest BCUT2D eigenvalue weighted by Gasteiger charge is 2.22. The van der Waals surface area contributed by atoms with E-state index in [0.717, 1.165) is 25.4 Å². The number of rotatable bonds is 3. The summed E-state index contributed by atoms with van der Waals surface area (Å²) in [6, 6.07) is 6.26. The maximum atomic E-state index is 5.87. The monoisotopic (exact) mass is 220 g/mol. The molecule has 0 saturated carbocycles. The Morgan fingerprint density at radius 3 is 2.94 bits per heavy atom. The summed E-state index contributed by atoms with van der Waals surface area (Å²) in [5.41, 5.74) is 9.19. The average Bonchev–Trinajstić information content (AvgIpc) is 2.65. The molecule has 1 aliphatic heterocycles. The highest BCUT2D eigenvalue weighted by atomic mass is 16.5. The average molecular weight is 220 g/mol. The van der Waals surface area contributed by atoms with Crippen molar-refractivity contribution < 1.29 is 4.74 Å². The zero-order chi connectivity index (χ0) is 11.5. The fourth-order valence-corrected chi connectivity index (χ4v) is 2.41. The molecule has 1 saturated heterocycles. The molecule has 1 atom stereocenters. The summed E-state index contributed by atoms with van der Waals surface area (Å²) in [4.78, 5) is 2.40.